The van der Waals surface area contributed by atoms with Crippen LogP contribution in [0.3, 0.4) is 0 Å². The molecule has 2 fully saturated rings. The average Bonchev–Trinajstić information content (AvgIpc) is 0.862. The summed E-state index contributed by atoms with van der Waals surface area (Å²) >= 11 is 6.59. The lowest BCUT2D eigenvalue weighted by molar-refractivity contribution is -0.151. The molecule has 4 rings (SSSR count). The molecule has 12 amide bonds. The molecular formula is C71H111ClN12O13. The number of hydrogen-bond acceptors (Lipinski definition) is 13. The molecule has 0 saturated carbocycles. The number of nitrogens with one attached hydrogen (secondary N) is 5. The molecule has 0 radical (unpaired) electrons. The molecule has 2 aliphatic rings. The molecule has 0 unspecified atom stereocenters. The van der Waals surface area contributed by atoms with Crippen LogP contribution >= 0.6 is 11.6 Å². The van der Waals surface area contributed by atoms with Crippen LogP contribution in [0.25, 0.3) is 0 Å². The Morgan fingerprint density at radius 3 is 1.60 bits per heavy atom. The molecule has 0 bridgehead atoms. The van der Waals surface area contributed by atoms with Gasteiger partial charge in [0.05, 0.1) is 19.1 Å². The third kappa shape index (κ3) is 23.2. The van der Waals surface area contributed by atoms with Crippen molar-refractivity contribution in [2.45, 2.75) is 214 Å². The minimum Gasteiger partial charge on any atom is -0.391 e. The van der Waals surface area contributed by atoms with E-state index in [1.54, 1.807) is 87.2 Å². The SMILES string of the molecule is CC(C)C[C@@H]1NC(=O)[C@H](CC(C)C)N(C)C(=O)CN(C)C(=O)[C@H]([C@@H](C)O)NC(=O)[C@H](CC(C)C)N(C)C(=O)[C@H](CCc2ccccc2Cl)NC(=O)[C@H](C)N(C)C(=O)[C@@H](C(C)C)NC(=O)C[C@@H](C(=O)N2CCCCC2)NC(=O)[C@H](C(C)C)N(C)C(=O)[C@H](Cc2ccccc2)N(C)C1=O. The average molecular weight is 1380 g/mol. The number of carbonyl (C=O) groups is 12. The third-order valence-electron chi connectivity index (χ3n) is 18.3. The fraction of sp³-hybridized carbons (Fsp3) is 0.662. The van der Waals surface area contributed by atoms with Crippen molar-refractivity contribution < 1.29 is 62.6 Å². The highest BCUT2D eigenvalue weighted by molar-refractivity contribution is 6.31. The largest absolute Gasteiger partial charge is 0.391 e. The first kappa shape index (κ1) is 81.8. The van der Waals surface area contributed by atoms with Gasteiger partial charge in [-0.05, 0) is 112 Å². The second-order valence-corrected chi connectivity index (χ2v) is 28.8. The van der Waals surface area contributed by atoms with Gasteiger partial charge < -0.3 is 66.0 Å². The van der Waals surface area contributed by atoms with Crippen LogP contribution in [0.5, 0.6) is 0 Å². The van der Waals surface area contributed by atoms with Gasteiger partial charge in [-0.2, -0.15) is 0 Å². The highest BCUT2D eigenvalue weighted by Crippen LogP contribution is 2.24. The summed E-state index contributed by atoms with van der Waals surface area (Å²) < 4.78 is 0. The lowest BCUT2D eigenvalue weighted by Crippen LogP contribution is -2.62. The lowest BCUT2D eigenvalue weighted by atomic mass is 9.96. The van der Waals surface area contributed by atoms with Gasteiger partial charge in [0, 0.05) is 66.8 Å². The first-order chi connectivity index (χ1) is 45.4. The number of nitrogens with zero attached hydrogens (tertiary/aromatic N) is 7. The maximum Gasteiger partial charge on any atom is 0.248 e. The number of halogens is 1. The summed E-state index contributed by atoms with van der Waals surface area (Å²) in [4.78, 5) is 186. The van der Waals surface area contributed by atoms with E-state index in [2.05, 4.69) is 26.6 Å². The second-order valence-electron chi connectivity index (χ2n) is 28.4. The van der Waals surface area contributed by atoms with Crippen molar-refractivity contribution in [1.29, 1.82) is 0 Å². The summed E-state index contributed by atoms with van der Waals surface area (Å²) in [6, 6.07) is 2.39. The Bertz CT molecular complexity index is 3050. The zero-order chi connectivity index (χ0) is 73.0. The zero-order valence-corrected chi connectivity index (χ0v) is 61.2. The highest BCUT2D eigenvalue weighted by Gasteiger charge is 2.43. The van der Waals surface area contributed by atoms with Gasteiger partial charge in [0.2, 0.25) is 70.9 Å². The minimum absolute atomic E-state index is 0.0368. The number of likely N-dealkylation sites (tertiary alicyclic amines) is 1. The number of carbonyl (C=O) groups excluding carboxylic acids is 12. The van der Waals surface area contributed by atoms with E-state index in [0.717, 1.165) is 21.1 Å². The second kappa shape index (κ2) is 37.9. The van der Waals surface area contributed by atoms with Crippen molar-refractivity contribution >= 4 is 82.5 Å². The fourth-order valence-electron chi connectivity index (χ4n) is 12.4. The van der Waals surface area contributed by atoms with Gasteiger partial charge in [0.25, 0.3) is 0 Å². The van der Waals surface area contributed by atoms with Crippen molar-refractivity contribution in [3.8, 4) is 0 Å². The first-order valence-corrected chi connectivity index (χ1v) is 34.6. The topological polar surface area (TPSA) is 308 Å². The van der Waals surface area contributed by atoms with Crippen LogP contribution in [0.2, 0.25) is 5.02 Å². The predicted molar refractivity (Wildman–Crippen MR) is 370 cm³/mol. The minimum atomic E-state index is -1.66. The number of likely N-dealkylation sites (N-methyl/N-ethyl adjacent to an activating group) is 6. The molecule has 0 aromatic heterocycles. The van der Waals surface area contributed by atoms with Crippen molar-refractivity contribution in [3.63, 3.8) is 0 Å². The Labute approximate surface area is 579 Å². The number of aliphatic hydroxyl groups is 1. The van der Waals surface area contributed by atoms with Crippen LogP contribution in [0.4, 0.5) is 0 Å². The number of hydrogen-bond donors (Lipinski definition) is 6. The van der Waals surface area contributed by atoms with E-state index in [1.807, 2.05) is 41.5 Å². The van der Waals surface area contributed by atoms with Crippen LogP contribution in [0.15, 0.2) is 54.6 Å². The van der Waals surface area contributed by atoms with Crippen molar-refractivity contribution in [1.82, 2.24) is 60.9 Å². The van der Waals surface area contributed by atoms with Gasteiger partial charge in [0.1, 0.15) is 60.4 Å². The van der Waals surface area contributed by atoms with Crippen LogP contribution < -0.4 is 26.6 Å². The van der Waals surface area contributed by atoms with Gasteiger partial charge in [-0.3, -0.25) is 57.5 Å². The Kier molecular flexibility index (Phi) is 31.9. The normalized spacial score (nSPS) is 25.4. The van der Waals surface area contributed by atoms with Gasteiger partial charge in [-0.15, -0.1) is 0 Å². The molecular weight excluding hydrogens is 1260 g/mol. The summed E-state index contributed by atoms with van der Waals surface area (Å²) in [6.45, 7) is 20.6. The summed E-state index contributed by atoms with van der Waals surface area (Å²) in [7, 11) is 8.28. The molecule has 2 aromatic carbocycles. The van der Waals surface area contributed by atoms with Gasteiger partial charge in [-0.1, -0.05) is 129 Å². The van der Waals surface area contributed by atoms with Crippen LogP contribution in [-0.4, -0.2) is 239 Å². The number of aliphatic hydroxyl groups excluding tert-OH is 1. The Morgan fingerprint density at radius 2 is 1.05 bits per heavy atom. The van der Waals surface area contributed by atoms with Crippen LogP contribution in [-0.2, 0) is 70.4 Å². The highest BCUT2D eigenvalue weighted by atomic mass is 35.5. The van der Waals surface area contributed by atoms with E-state index in [9.17, 15) is 43.5 Å². The van der Waals surface area contributed by atoms with E-state index in [0.29, 0.717) is 42.1 Å². The fourth-order valence-corrected chi connectivity index (χ4v) is 12.6. The Hall–Kier alpha value is -7.67. The molecule has 25 nitrogen and oxygen atoms in total. The summed E-state index contributed by atoms with van der Waals surface area (Å²) in [5.41, 5.74) is 1.31. The number of piperidine rings is 1. The number of rotatable bonds is 15. The standard InChI is InChI=1S/C71H111ClN12O13/c1-41(2)35-52-67(93)82(17)56(38-48-27-21-19-22-28-48)69(95)83(18)61(45(9)10)65(91)75-53(68(94)84-33-25-20-26-34-84)39-57(86)76-59(44(7)8)71(97)79(14)46(11)62(88)73-51(32-31-49-29-23-24-30-50(49)72)66(92)81(16)55(37-43(5)6)64(90)77-60(47(12)85)70(96)78(13)40-58(87)80(15)54(36-42(3)4)63(89)74-52/h19,21-24,27-30,41-47,51-56,59-61,85H,20,25-26,31-40H2,1-18H3,(H,73,88)(H,74,89)(H,75,91)(H,76,86)(H,77,90)/t46-,47+,51-,52-,53-,54-,55-,56-,59+,60-,61-/m0/s1. The van der Waals surface area contributed by atoms with Gasteiger partial charge in [-0.25, -0.2) is 0 Å². The molecule has 540 valence electrons. The van der Waals surface area contributed by atoms with Crippen molar-refractivity contribution in [3.05, 3.63) is 70.7 Å². The Balaban J connectivity index is 1.93. The smallest absolute Gasteiger partial charge is 0.248 e. The monoisotopic (exact) mass is 1370 g/mol. The van der Waals surface area contributed by atoms with E-state index in [-0.39, 0.29) is 56.3 Å². The lowest BCUT2D eigenvalue weighted by Gasteiger charge is -2.38. The van der Waals surface area contributed by atoms with E-state index in [1.165, 1.54) is 70.8 Å². The molecule has 11 atom stereocenters. The Morgan fingerprint density at radius 1 is 0.526 bits per heavy atom. The molecule has 2 heterocycles. The van der Waals surface area contributed by atoms with E-state index < -0.39 is 162 Å². The van der Waals surface area contributed by atoms with Gasteiger partial charge in [0.15, 0.2) is 0 Å². The molecule has 97 heavy (non-hydrogen) atoms. The van der Waals surface area contributed by atoms with Crippen LogP contribution in [0.1, 0.15) is 146 Å². The van der Waals surface area contributed by atoms with Gasteiger partial charge >= 0.3 is 0 Å². The quantitative estimate of drug-likeness (QED) is 0.148. The maximum atomic E-state index is 15.4. The van der Waals surface area contributed by atoms with Crippen molar-refractivity contribution in [2.75, 3.05) is 61.9 Å². The predicted octanol–water partition coefficient (Wildman–Crippen LogP) is 3.80. The van der Waals surface area contributed by atoms with Crippen LogP contribution in [0, 0.1) is 29.6 Å². The zero-order valence-electron chi connectivity index (χ0n) is 60.5. The third-order valence-corrected chi connectivity index (χ3v) is 18.7. The molecule has 6 N–H and O–H groups in total. The maximum absolute atomic E-state index is 15.4. The first-order valence-electron chi connectivity index (χ1n) is 34.2. The summed E-state index contributed by atoms with van der Waals surface area (Å²) in [6.07, 6.45) is 0.335. The summed E-state index contributed by atoms with van der Waals surface area (Å²) in [5.74, 6) is -10.7. The van der Waals surface area contributed by atoms with Crippen molar-refractivity contribution in [2.24, 2.45) is 29.6 Å². The molecule has 0 aliphatic carbocycles. The molecule has 2 aromatic rings. The summed E-state index contributed by atoms with van der Waals surface area (Å²) in [5, 5.41) is 25.5. The molecule has 26 heteroatoms. The molecule has 0 spiro atoms. The number of amides is 12. The molecule has 2 aliphatic heterocycles. The molecule has 2 saturated heterocycles. The van der Waals surface area contributed by atoms with E-state index >= 15 is 19.2 Å². The van der Waals surface area contributed by atoms with E-state index in [4.69, 9.17) is 11.6 Å². The number of benzene rings is 2. The number of aryl methyl sites for hydroxylation is 1.